The first-order valence-electron chi connectivity index (χ1n) is 20.9. The lowest BCUT2D eigenvalue weighted by Crippen LogP contribution is -2.45. The first-order chi connectivity index (χ1) is 30.3. The Labute approximate surface area is 364 Å². The number of aliphatic carboxylic acids is 1. The molecule has 15 nitrogen and oxygen atoms in total. The van der Waals surface area contributed by atoms with Crippen LogP contribution in [-0.2, 0) is 53.1 Å². The quantitative estimate of drug-likeness (QED) is 0.142. The number of carboxylic acid groups (broad SMARTS) is 1. The lowest BCUT2D eigenvalue weighted by molar-refractivity contribution is -0.142. The fraction of sp³-hybridized carbons (Fsp3) is 0.378. The van der Waals surface area contributed by atoms with E-state index in [1.807, 2.05) is 30.6 Å². The van der Waals surface area contributed by atoms with Gasteiger partial charge in [-0.25, -0.2) is 19.9 Å². The first-order valence-corrected chi connectivity index (χ1v) is 22.6. The summed E-state index contributed by atoms with van der Waals surface area (Å²) in [5.41, 5.74) is 8.62. The summed E-state index contributed by atoms with van der Waals surface area (Å²) < 4.78 is 16.9. The summed E-state index contributed by atoms with van der Waals surface area (Å²) in [5, 5.41) is 18.3. The number of anilines is 4. The molecule has 1 amide bonds. The molecule has 2 saturated heterocycles. The van der Waals surface area contributed by atoms with E-state index in [2.05, 4.69) is 51.5 Å². The third kappa shape index (κ3) is 6.82. The molecule has 6 aliphatic rings. The van der Waals surface area contributed by atoms with Crippen molar-refractivity contribution >= 4 is 90.4 Å². The summed E-state index contributed by atoms with van der Waals surface area (Å²) >= 11 is 3.26. The van der Waals surface area contributed by atoms with Crippen LogP contribution < -0.4 is 20.1 Å². The standard InChI is InChI=1S/C25H25N5O3S.C20H18N4O3S/c1-32-20-5-15-9-26-8-14(15)4-19(20)29-23-22-18-3-2-13(6-21(18)34-24(22)28-12-27-23)25(31)30-10-17-7-16(30)11-33-17;1-27-15-5-12-8-21-7-11(12)4-14(15)24-18-17-13-3-2-10(20(25)26)6-16(13)28-19(17)23-9-22-18/h4-5,8,12-13,16-17H,2-3,6-7,9-11H2,1H3,(H,27,28,29);4-5,7,9-10H,2-3,6,8H2,1H3,(H,25,26)(H,22,23,24). The Bertz CT molecular complexity index is 2870. The monoisotopic (exact) mass is 869 g/mol. The second-order valence-corrected chi connectivity index (χ2v) is 18.7. The van der Waals surface area contributed by atoms with Crippen LogP contribution in [0.5, 0.6) is 11.5 Å². The van der Waals surface area contributed by atoms with Gasteiger partial charge >= 0.3 is 5.97 Å². The number of nitrogens with one attached hydrogen (secondary N) is 2. The maximum atomic E-state index is 13.3. The van der Waals surface area contributed by atoms with Gasteiger partial charge in [0.2, 0.25) is 5.91 Å². The number of carbonyl (C=O) groups excluding carboxylic acids is 1. The molecule has 62 heavy (non-hydrogen) atoms. The molecule has 6 aromatic rings. The maximum Gasteiger partial charge on any atom is 0.306 e. The first kappa shape index (κ1) is 38.9. The van der Waals surface area contributed by atoms with E-state index in [1.165, 1.54) is 16.0 Å². The SMILES string of the molecule is COc1cc2c(cc1Nc1ncnc3sc4c(c13)CCC(C(=O)N1CC3CC1CO3)C4)C=NC2.COc1cc2c(cc1Nc1ncnc3sc4c(c13)CCC(C(=O)O)C4)C=NC2. The lowest BCUT2D eigenvalue weighted by Gasteiger charge is -2.32. The van der Waals surface area contributed by atoms with Crippen molar-refractivity contribution < 1.29 is 28.9 Å². The van der Waals surface area contributed by atoms with Crippen LogP contribution in [0.2, 0.25) is 0 Å². The summed E-state index contributed by atoms with van der Waals surface area (Å²) in [4.78, 5) is 57.7. The highest BCUT2D eigenvalue weighted by molar-refractivity contribution is 7.19. The summed E-state index contributed by atoms with van der Waals surface area (Å²) in [7, 11) is 3.33. The minimum absolute atomic E-state index is 0.0420. The molecule has 4 aromatic heterocycles. The van der Waals surface area contributed by atoms with Crippen LogP contribution in [0.1, 0.15) is 62.4 Å². The average molecular weight is 870 g/mol. The van der Waals surface area contributed by atoms with Crippen molar-refractivity contribution in [3.63, 3.8) is 0 Å². The van der Waals surface area contributed by atoms with Crippen LogP contribution >= 0.6 is 22.7 Å². The lowest BCUT2D eigenvalue weighted by atomic mass is 9.86. The number of ether oxygens (including phenoxy) is 3. The predicted molar refractivity (Wildman–Crippen MR) is 239 cm³/mol. The molecule has 316 valence electrons. The van der Waals surface area contributed by atoms with Crippen LogP contribution in [0, 0.1) is 11.8 Å². The highest BCUT2D eigenvalue weighted by Gasteiger charge is 2.44. The van der Waals surface area contributed by atoms with Crippen molar-refractivity contribution in [1.82, 2.24) is 24.8 Å². The van der Waals surface area contributed by atoms with Crippen molar-refractivity contribution in [1.29, 1.82) is 0 Å². The van der Waals surface area contributed by atoms with Gasteiger partial charge in [0.1, 0.15) is 45.5 Å². The molecule has 4 atom stereocenters. The minimum Gasteiger partial charge on any atom is -0.495 e. The van der Waals surface area contributed by atoms with Crippen LogP contribution in [0.3, 0.4) is 0 Å². The van der Waals surface area contributed by atoms with Crippen molar-refractivity contribution in [2.45, 2.75) is 70.2 Å². The van der Waals surface area contributed by atoms with Crippen molar-refractivity contribution in [2.75, 3.05) is 38.0 Å². The molecule has 2 aromatic carbocycles. The van der Waals surface area contributed by atoms with Crippen LogP contribution in [0.15, 0.2) is 46.9 Å². The number of nitrogens with zero attached hydrogens (tertiary/aromatic N) is 7. The van der Waals surface area contributed by atoms with E-state index in [4.69, 9.17) is 14.2 Å². The molecular formula is C45H43N9O6S2. The molecule has 8 heterocycles. The highest BCUT2D eigenvalue weighted by atomic mass is 32.1. The third-order valence-electron chi connectivity index (χ3n) is 13.0. The van der Waals surface area contributed by atoms with Gasteiger partial charge in [0.15, 0.2) is 0 Å². The topological polar surface area (TPSA) is 186 Å². The highest BCUT2D eigenvalue weighted by Crippen LogP contribution is 2.44. The number of rotatable bonds is 8. The van der Waals surface area contributed by atoms with Gasteiger partial charge in [0.25, 0.3) is 0 Å². The number of hydrogen-bond acceptors (Lipinski definition) is 15. The van der Waals surface area contributed by atoms with Crippen molar-refractivity contribution in [3.8, 4) is 11.5 Å². The molecule has 12 rings (SSSR count). The molecule has 2 aliphatic carbocycles. The maximum absolute atomic E-state index is 13.3. The van der Waals surface area contributed by atoms with E-state index in [-0.39, 0.29) is 24.0 Å². The number of benzene rings is 2. The Morgan fingerprint density at radius 2 is 1.32 bits per heavy atom. The third-order valence-corrected chi connectivity index (χ3v) is 15.3. The zero-order valence-corrected chi connectivity index (χ0v) is 35.8. The number of carbonyl (C=O) groups is 2. The van der Waals surface area contributed by atoms with Crippen LogP contribution in [0.4, 0.5) is 23.0 Å². The molecule has 4 aliphatic heterocycles. The zero-order valence-electron chi connectivity index (χ0n) is 34.1. The van der Waals surface area contributed by atoms with Gasteiger partial charge in [0.05, 0.1) is 74.1 Å². The fourth-order valence-corrected chi connectivity index (χ4v) is 12.3. The molecule has 0 spiro atoms. The van der Waals surface area contributed by atoms with Crippen LogP contribution in [0.25, 0.3) is 20.4 Å². The number of aliphatic imine (C=N–C) groups is 2. The van der Waals surface area contributed by atoms with Gasteiger partial charge < -0.3 is 34.9 Å². The summed E-state index contributed by atoms with van der Waals surface area (Å²) in [5.74, 6) is 2.32. The molecule has 17 heteroatoms. The van der Waals surface area contributed by atoms with E-state index in [0.29, 0.717) is 38.4 Å². The zero-order chi connectivity index (χ0) is 42.1. The van der Waals surface area contributed by atoms with Crippen molar-refractivity contribution in [2.24, 2.45) is 21.8 Å². The normalized spacial score (nSPS) is 21.3. The molecule has 3 N–H and O–H groups in total. The van der Waals surface area contributed by atoms with E-state index < -0.39 is 5.97 Å². The van der Waals surface area contributed by atoms with Gasteiger partial charge in [-0.1, -0.05) is 0 Å². The summed E-state index contributed by atoms with van der Waals surface area (Å²) in [6, 6.07) is 8.41. The summed E-state index contributed by atoms with van der Waals surface area (Å²) in [6.45, 7) is 2.81. The molecule has 2 bridgehead atoms. The van der Waals surface area contributed by atoms with E-state index in [1.54, 1.807) is 49.5 Å². The van der Waals surface area contributed by atoms with Crippen LogP contribution in [-0.4, -0.2) is 93.8 Å². The molecule has 2 fully saturated rings. The molecule has 0 radical (unpaired) electrons. The molecule has 0 saturated carbocycles. The van der Waals surface area contributed by atoms with Gasteiger partial charge in [-0.15, -0.1) is 22.7 Å². The van der Waals surface area contributed by atoms with Gasteiger partial charge in [0, 0.05) is 34.6 Å². The number of amides is 1. The largest absolute Gasteiger partial charge is 0.495 e. The number of thiophene rings is 2. The Morgan fingerprint density at radius 3 is 1.82 bits per heavy atom. The minimum atomic E-state index is -0.725. The number of fused-ring (bicyclic) bond motifs is 10. The fourth-order valence-electron chi connectivity index (χ4n) is 9.80. The Hall–Kier alpha value is -6.04. The Kier molecular flexibility index (Phi) is 9.84. The van der Waals surface area contributed by atoms with Gasteiger partial charge in [-0.2, -0.15) is 0 Å². The second-order valence-electron chi connectivity index (χ2n) is 16.6. The van der Waals surface area contributed by atoms with E-state index >= 15 is 0 Å². The van der Waals surface area contributed by atoms with Crippen molar-refractivity contribution in [3.05, 3.63) is 80.1 Å². The van der Waals surface area contributed by atoms with E-state index in [0.717, 1.165) is 121 Å². The number of methoxy groups -OCH3 is 2. The van der Waals surface area contributed by atoms with Gasteiger partial charge in [-0.3, -0.25) is 19.6 Å². The number of aromatic nitrogens is 4. The second kappa shape index (κ2) is 15.7. The smallest absolute Gasteiger partial charge is 0.306 e. The number of hydrogen-bond donors (Lipinski definition) is 3. The number of morpholine rings is 1. The Morgan fingerprint density at radius 1 is 0.774 bits per heavy atom. The molecule has 4 unspecified atom stereocenters. The Balaban J connectivity index is 0.000000142. The number of likely N-dealkylation sites (tertiary alicyclic amines) is 1. The summed E-state index contributed by atoms with van der Waals surface area (Å²) in [6.07, 6.45) is 12.6. The number of carboxylic acids is 1. The average Bonchev–Trinajstić information content (AvgIpc) is 4.16. The van der Waals surface area contributed by atoms with E-state index in [9.17, 15) is 14.7 Å². The number of aryl methyl sites for hydroxylation is 2. The molecular weight excluding hydrogens is 827 g/mol. The predicted octanol–water partition coefficient (Wildman–Crippen LogP) is 7.05. The van der Waals surface area contributed by atoms with Gasteiger partial charge in [-0.05, 0) is 103 Å².